The smallest absolute Gasteiger partial charge is 0.211 e. The highest BCUT2D eigenvalue weighted by molar-refractivity contribution is 7.88. The number of hydrogen-bond donors (Lipinski definition) is 1. The molecule has 1 saturated heterocycles. The van der Waals surface area contributed by atoms with Gasteiger partial charge < -0.3 is 9.84 Å². The zero-order chi connectivity index (χ0) is 15.5. The molecule has 2 atom stereocenters. The van der Waals surface area contributed by atoms with Crippen LogP contribution in [0.15, 0.2) is 24.3 Å². The third-order valence-corrected chi connectivity index (χ3v) is 5.05. The van der Waals surface area contributed by atoms with Crippen LogP contribution in [0.1, 0.15) is 31.4 Å². The van der Waals surface area contributed by atoms with E-state index in [0.717, 1.165) is 18.4 Å². The van der Waals surface area contributed by atoms with E-state index in [2.05, 4.69) is 0 Å². The Kier molecular flexibility index (Phi) is 5.24. The summed E-state index contributed by atoms with van der Waals surface area (Å²) in [6.45, 7) is 3.33. The minimum atomic E-state index is -3.11. The van der Waals surface area contributed by atoms with Gasteiger partial charge in [-0.25, -0.2) is 12.7 Å². The van der Waals surface area contributed by atoms with E-state index in [1.165, 1.54) is 10.6 Å². The molecule has 1 fully saturated rings. The SMILES string of the molecule is CC(O)c1cccc(OCC2CCCN(S(C)(=O)=O)C2)c1. The van der Waals surface area contributed by atoms with E-state index in [-0.39, 0.29) is 5.92 Å². The number of piperidine rings is 1. The number of nitrogens with zero attached hydrogens (tertiary/aromatic N) is 1. The van der Waals surface area contributed by atoms with Gasteiger partial charge in [-0.1, -0.05) is 12.1 Å². The molecular weight excluding hydrogens is 290 g/mol. The monoisotopic (exact) mass is 313 g/mol. The molecule has 1 N–H and O–H groups in total. The zero-order valence-electron chi connectivity index (χ0n) is 12.5. The van der Waals surface area contributed by atoms with Crippen molar-refractivity contribution in [2.45, 2.75) is 25.9 Å². The number of benzene rings is 1. The molecule has 1 aromatic carbocycles. The average molecular weight is 313 g/mol. The van der Waals surface area contributed by atoms with Crippen molar-refractivity contribution < 1.29 is 18.3 Å². The summed E-state index contributed by atoms with van der Waals surface area (Å²) in [7, 11) is -3.11. The maximum Gasteiger partial charge on any atom is 0.211 e. The van der Waals surface area contributed by atoms with Gasteiger partial charge in [-0.3, -0.25) is 0 Å². The molecule has 0 saturated carbocycles. The van der Waals surface area contributed by atoms with E-state index in [9.17, 15) is 13.5 Å². The van der Waals surface area contributed by atoms with Gasteiger partial charge in [-0.15, -0.1) is 0 Å². The highest BCUT2D eigenvalue weighted by atomic mass is 32.2. The van der Waals surface area contributed by atoms with Crippen molar-refractivity contribution in [3.8, 4) is 5.75 Å². The van der Waals surface area contributed by atoms with Crippen molar-refractivity contribution in [3.63, 3.8) is 0 Å². The highest BCUT2D eigenvalue weighted by Crippen LogP contribution is 2.22. The second-order valence-corrected chi connectivity index (χ2v) is 7.67. The van der Waals surface area contributed by atoms with Crippen molar-refractivity contribution in [2.24, 2.45) is 5.92 Å². The lowest BCUT2D eigenvalue weighted by Crippen LogP contribution is -2.40. The molecule has 0 amide bonds. The number of ether oxygens (including phenoxy) is 1. The lowest BCUT2D eigenvalue weighted by Gasteiger charge is -2.30. The molecule has 0 spiro atoms. The molecule has 0 bridgehead atoms. The Bertz CT molecular complexity index is 571. The fourth-order valence-electron chi connectivity index (χ4n) is 2.54. The zero-order valence-corrected chi connectivity index (χ0v) is 13.3. The summed E-state index contributed by atoms with van der Waals surface area (Å²) in [5.74, 6) is 0.925. The van der Waals surface area contributed by atoms with Gasteiger partial charge in [-0.05, 0) is 37.5 Å². The predicted octanol–water partition coefficient (Wildman–Crippen LogP) is 1.79. The summed E-state index contributed by atoms with van der Waals surface area (Å²) in [4.78, 5) is 0. The van der Waals surface area contributed by atoms with E-state index in [1.54, 1.807) is 6.92 Å². The van der Waals surface area contributed by atoms with E-state index in [1.807, 2.05) is 24.3 Å². The first-order valence-corrected chi connectivity index (χ1v) is 9.07. The molecule has 6 heteroatoms. The van der Waals surface area contributed by atoms with Gasteiger partial charge >= 0.3 is 0 Å². The second-order valence-electron chi connectivity index (χ2n) is 5.69. The number of rotatable bonds is 5. The molecule has 0 aromatic heterocycles. The van der Waals surface area contributed by atoms with Crippen LogP contribution in [0.2, 0.25) is 0 Å². The Hall–Kier alpha value is -1.11. The van der Waals surface area contributed by atoms with Crippen LogP contribution in [0.3, 0.4) is 0 Å². The molecule has 2 rings (SSSR count). The standard InChI is InChI=1S/C15H23NO4S/c1-12(17)14-6-3-7-15(9-14)20-11-13-5-4-8-16(10-13)21(2,18)19/h3,6-7,9,12-13,17H,4-5,8,10-11H2,1-2H3. The van der Waals surface area contributed by atoms with Crippen LogP contribution >= 0.6 is 0 Å². The largest absolute Gasteiger partial charge is 0.493 e. The molecule has 2 unspecified atom stereocenters. The van der Waals surface area contributed by atoms with Gasteiger partial charge in [0.2, 0.25) is 10.0 Å². The van der Waals surface area contributed by atoms with E-state index in [4.69, 9.17) is 4.74 Å². The molecule has 1 aromatic rings. The Morgan fingerprint density at radius 2 is 2.24 bits per heavy atom. The quantitative estimate of drug-likeness (QED) is 0.900. The minimum Gasteiger partial charge on any atom is -0.493 e. The van der Waals surface area contributed by atoms with Crippen molar-refractivity contribution in [1.29, 1.82) is 0 Å². The van der Waals surface area contributed by atoms with Gasteiger partial charge in [0.1, 0.15) is 5.75 Å². The van der Waals surface area contributed by atoms with E-state index in [0.29, 0.717) is 25.4 Å². The highest BCUT2D eigenvalue weighted by Gasteiger charge is 2.26. The summed E-state index contributed by atoms with van der Waals surface area (Å²) < 4.78 is 30.5. The lowest BCUT2D eigenvalue weighted by molar-refractivity contribution is 0.178. The van der Waals surface area contributed by atoms with Crippen LogP contribution in [0.4, 0.5) is 0 Å². The van der Waals surface area contributed by atoms with Crippen molar-refractivity contribution in [3.05, 3.63) is 29.8 Å². The molecule has 1 heterocycles. The van der Waals surface area contributed by atoms with Crippen molar-refractivity contribution >= 4 is 10.0 Å². The first kappa shape index (κ1) is 16.3. The molecule has 118 valence electrons. The molecule has 21 heavy (non-hydrogen) atoms. The number of sulfonamides is 1. The van der Waals surface area contributed by atoms with E-state index >= 15 is 0 Å². The Labute approximate surface area is 126 Å². The van der Waals surface area contributed by atoms with Gasteiger partial charge in [-0.2, -0.15) is 0 Å². The average Bonchev–Trinajstić information content (AvgIpc) is 2.45. The summed E-state index contributed by atoms with van der Waals surface area (Å²) in [6, 6.07) is 7.37. The molecular formula is C15H23NO4S. The normalized spacial score (nSPS) is 22.0. The first-order valence-electron chi connectivity index (χ1n) is 7.22. The van der Waals surface area contributed by atoms with Crippen LogP contribution in [0.5, 0.6) is 5.75 Å². The number of aliphatic hydroxyl groups is 1. The number of aliphatic hydroxyl groups excluding tert-OH is 1. The van der Waals surface area contributed by atoms with Crippen LogP contribution in [-0.2, 0) is 10.0 Å². The van der Waals surface area contributed by atoms with Crippen molar-refractivity contribution in [2.75, 3.05) is 26.0 Å². The third-order valence-electron chi connectivity index (χ3n) is 3.78. The predicted molar refractivity (Wildman–Crippen MR) is 81.7 cm³/mol. The Morgan fingerprint density at radius 1 is 1.48 bits per heavy atom. The Morgan fingerprint density at radius 3 is 2.90 bits per heavy atom. The molecule has 1 aliphatic heterocycles. The van der Waals surface area contributed by atoms with Gasteiger partial charge in [0, 0.05) is 19.0 Å². The van der Waals surface area contributed by atoms with Crippen LogP contribution in [0, 0.1) is 5.92 Å². The topological polar surface area (TPSA) is 66.8 Å². The Balaban J connectivity index is 1.92. The number of hydrogen-bond acceptors (Lipinski definition) is 4. The van der Waals surface area contributed by atoms with Crippen LogP contribution in [0.25, 0.3) is 0 Å². The minimum absolute atomic E-state index is 0.212. The summed E-state index contributed by atoms with van der Waals surface area (Å²) in [6.07, 6.45) is 2.57. The lowest BCUT2D eigenvalue weighted by atomic mass is 10.0. The van der Waals surface area contributed by atoms with Gasteiger partial charge in [0.15, 0.2) is 0 Å². The van der Waals surface area contributed by atoms with Crippen molar-refractivity contribution in [1.82, 2.24) is 4.31 Å². The summed E-state index contributed by atoms with van der Waals surface area (Å²) in [5, 5.41) is 9.56. The maximum absolute atomic E-state index is 11.6. The maximum atomic E-state index is 11.6. The summed E-state index contributed by atoms with van der Waals surface area (Å²) >= 11 is 0. The third kappa shape index (κ3) is 4.69. The molecule has 5 nitrogen and oxygen atoms in total. The summed E-state index contributed by atoms with van der Waals surface area (Å²) in [5.41, 5.74) is 0.814. The van der Waals surface area contributed by atoms with Gasteiger partial charge in [0.05, 0.1) is 19.0 Å². The van der Waals surface area contributed by atoms with Crippen LogP contribution < -0.4 is 4.74 Å². The first-order chi connectivity index (χ1) is 9.86. The van der Waals surface area contributed by atoms with Crippen LogP contribution in [-0.4, -0.2) is 43.8 Å². The van der Waals surface area contributed by atoms with E-state index < -0.39 is 16.1 Å². The fraction of sp³-hybridized carbons (Fsp3) is 0.600. The molecule has 1 aliphatic rings. The van der Waals surface area contributed by atoms with Gasteiger partial charge in [0.25, 0.3) is 0 Å². The molecule has 0 radical (unpaired) electrons. The molecule has 0 aliphatic carbocycles. The fourth-order valence-corrected chi connectivity index (χ4v) is 3.48. The second kappa shape index (κ2) is 6.77.